The molecule has 0 heterocycles. The zero-order chi connectivity index (χ0) is 13.5. The van der Waals surface area contributed by atoms with Crippen molar-refractivity contribution < 1.29 is 18.6 Å². The molecule has 0 saturated carbocycles. The highest BCUT2D eigenvalue weighted by molar-refractivity contribution is 5.35. The summed E-state index contributed by atoms with van der Waals surface area (Å²) in [6, 6.07) is 6.27. The van der Waals surface area contributed by atoms with Gasteiger partial charge in [-0.1, -0.05) is 31.5 Å². The summed E-state index contributed by atoms with van der Waals surface area (Å²) in [7, 11) is 0. The molecular weight excluding hydrogens is 240 g/mol. The predicted molar refractivity (Wildman–Crippen MR) is 65.5 cm³/mol. The van der Waals surface area contributed by atoms with Crippen LogP contribution < -0.4 is 10.5 Å². The van der Waals surface area contributed by atoms with Crippen LogP contribution in [0, 0.1) is 5.92 Å². The average molecular weight is 259 g/mol. The Morgan fingerprint density at radius 1 is 1.33 bits per heavy atom. The highest BCUT2D eigenvalue weighted by atomic mass is 19.3. The second-order valence-electron chi connectivity index (χ2n) is 4.15. The van der Waals surface area contributed by atoms with Crippen LogP contribution in [-0.4, -0.2) is 18.3 Å². The fourth-order valence-corrected chi connectivity index (χ4v) is 1.96. The first-order valence-electron chi connectivity index (χ1n) is 6.02. The molecule has 0 aliphatic heterocycles. The maximum Gasteiger partial charge on any atom is 0.387 e. The number of ether oxygens (including phenoxy) is 1. The summed E-state index contributed by atoms with van der Waals surface area (Å²) in [4.78, 5) is 0. The van der Waals surface area contributed by atoms with Gasteiger partial charge in [-0.3, -0.25) is 0 Å². The van der Waals surface area contributed by atoms with Gasteiger partial charge in [-0.05, 0) is 19.0 Å². The van der Waals surface area contributed by atoms with E-state index < -0.39 is 12.7 Å². The summed E-state index contributed by atoms with van der Waals surface area (Å²) in [6.45, 7) is -0.615. The van der Waals surface area contributed by atoms with E-state index in [1.165, 1.54) is 6.07 Å². The van der Waals surface area contributed by atoms with Crippen molar-refractivity contribution in [1.82, 2.24) is 0 Å². The third-order valence-corrected chi connectivity index (χ3v) is 2.86. The Kier molecular flexibility index (Phi) is 6.01. The van der Waals surface area contributed by atoms with E-state index >= 15 is 0 Å². The highest BCUT2D eigenvalue weighted by Crippen LogP contribution is 2.32. The molecule has 0 amide bonds. The normalized spacial score (nSPS) is 14.6. The number of nitrogens with two attached hydrogens (primary N) is 1. The number of halogens is 2. The van der Waals surface area contributed by atoms with Crippen LogP contribution in [0.4, 0.5) is 8.78 Å². The van der Waals surface area contributed by atoms with E-state index in [1.54, 1.807) is 18.2 Å². The van der Waals surface area contributed by atoms with E-state index in [4.69, 9.17) is 5.73 Å². The Labute approximate surface area is 106 Å². The van der Waals surface area contributed by atoms with Crippen LogP contribution in [0.5, 0.6) is 5.75 Å². The summed E-state index contributed by atoms with van der Waals surface area (Å²) < 4.78 is 28.9. The molecule has 1 aromatic carbocycles. The van der Waals surface area contributed by atoms with Gasteiger partial charge in [0.2, 0.25) is 0 Å². The molecule has 1 aromatic rings. The molecule has 0 aromatic heterocycles. The van der Waals surface area contributed by atoms with Gasteiger partial charge < -0.3 is 15.6 Å². The summed E-state index contributed by atoms with van der Waals surface area (Å²) in [5.41, 5.74) is 5.96. The van der Waals surface area contributed by atoms with Crippen LogP contribution in [0.1, 0.15) is 31.4 Å². The molecule has 0 fully saturated rings. The summed E-state index contributed by atoms with van der Waals surface area (Å²) >= 11 is 0. The van der Waals surface area contributed by atoms with Gasteiger partial charge >= 0.3 is 6.61 Å². The van der Waals surface area contributed by atoms with Gasteiger partial charge in [0.05, 0.1) is 6.10 Å². The van der Waals surface area contributed by atoms with Crippen molar-refractivity contribution in [3.05, 3.63) is 29.8 Å². The molecule has 2 unspecified atom stereocenters. The number of aliphatic hydroxyl groups is 1. The smallest absolute Gasteiger partial charge is 0.387 e. The van der Waals surface area contributed by atoms with Crippen LogP contribution >= 0.6 is 0 Å². The van der Waals surface area contributed by atoms with E-state index in [-0.39, 0.29) is 11.7 Å². The van der Waals surface area contributed by atoms with Crippen molar-refractivity contribution in [3.63, 3.8) is 0 Å². The third kappa shape index (κ3) is 3.92. The predicted octanol–water partition coefficient (Wildman–Crippen LogP) is 2.70. The minimum atomic E-state index is -2.90. The summed E-state index contributed by atoms with van der Waals surface area (Å²) in [6.07, 6.45) is 0.724. The number of hydrogen-bond donors (Lipinski definition) is 2. The molecule has 1 rings (SSSR count). The van der Waals surface area contributed by atoms with Crippen molar-refractivity contribution in [2.45, 2.75) is 32.5 Å². The molecule has 5 heteroatoms. The van der Waals surface area contributed by atoms with Gasteiger partial charge in [0.25, 0.3) is 0 Å². The second-order valence-corrected chi connectivity index (χ2v) is 4.15. The number of benzene rings is 1. The first-order chi connectivity index (χ1) is 8.60. The molecule has 3 nitrogen and oxygen atoms in total. The molecule has 0 spiro atoms. The molecule has 0 aliphatic rings. The SMILES string of the molecule is CCCC(CN)C(O)c1ccccc1OC(F)F. The molecule has 0 radical (unpaired) electrons. The monoisotopic (exact) mass is 259 g/mol. The Bertz CT molecular complexity index is 361. The molecule has 0 bridgehead atoms. The molecule has 2 atom stereocenters. The number of para-hydroxylation sites is 1. The van der Waals surface area contributed by atoms with Gasteiger partial charge in [0.1, 0.15) is 5.75 Å². The van der Waals surface area contributed by atoms with Crippen molar-refractivity contribution >= 4 is 0 Å². The van der Waals surface area contributed by atoms with Gasteiger partial charge in [-0.15, -0.1) is 0 Å². The largest absolute Gasteiger partial charge is 0.434 e. The molecule has 0 aliphatic carbocycles. The third-order valence-electron chi connectivity index (χ3n) is 2.86. The lowest BCUT2D eigenvalue weighted by Gasteiger charge is -2.23. The zero-order valence-corrected chi connectivity index (χ0v) is 10.4. The van der Waals surface area contributed by atoms with E-state index in [0.717, 1.165) is 12.8 Å². The molecule has 0 saturated heterocycles. The quantitative estimate of drug-likeness (QED) is 0.791. The summed E-state index contributed by atoms with van der Waals surface area (Å²) in [5.74, 6) is -0.146. The van der Waals surface area contributed by atoms with Crippen molar-refractivity contribution in [2.75, 3.05) is 6.54 Å². The van der Waals surface area contributed by atoms with Gasteiger partial charge in [-0.2, -0.15) is 8.78 Å². The Morgan fingerprint density at radius 3 is 2.56 bits per heavy atom. The number of aliphatic hydroxyl groups excluding tert-OH is 1. The lowest BCUT2D eigenvalue weighted by Crippen LogP contribution is -2.22. The van der Waals surface area contributed by atoms with Crippen LogP contribution in [-0.2, 0) is 0 Å². The van der Waals surface area contributed by atoms with Gasteiger partial charge in [0, 0.05) is 11.5 Å². The second kappa shape index (κ2) is 7.28. The zero-order valence-electron chi connectivity index (χ0n) is 10.4. The highest BCUT2D eigenvalue weighted by Gasteiger charge is 2.22. The maximum atomic E-state index is 12.3. The lowest BCUT2D eigenvalue weighted by molar-refractivity contribution is -0.0522. The Morgan fingerprint density at radius 2 is 2.00 bits per heavy atom. The fraction of sp³-hybridized carbons (Fsp3) is 0.538. The molecule has 3 N–H and O–H groups in total. The van der Waals surface area contributed by atoms with Crippen molar-refractivity contribution in [3.8, 4) is 5.75 Å². The fourth-order valence-electron chi connectivity index (χ4n) is 1.96. The first-order valence-corrected chi connectivity index (χ1v) is 6.02. The van der Waals surface area contributed by atoms with Crippen LogP contribution in [0.3, 0.4) is 0 Å². The standard InChI is InChI=1S/C13H19F2NO2/c1-2-5-9(8-16)12(17)10-6-3-4-7-11(10)18-13(14)15/h3-4,6-7,9,12-13,17H,2,5,8,16H2,1H3. The maximum absolute atomic E-state index is 12.3. The van der Waals surface area contributed by atoms with Crippen LogP contribution in [0.2, 0.25) is 0 Å². The van der Waals surface area contributed by atoms with Crippen LogP contribution in [0.25, 0.3) is 0 Å². The van der Waals surface area contributed by atoms with Crippen molar-refractivity contribution in [1.29, 1.82) is 0 Å². The topological polar surface area (TPSA) is 55.5 Å². The first kappa shape index (κ1) is 14.9. The van der Waals surface area contributed by atoms with E-state index in [1.807, 2.05) is 6.92 Å². The van der Waals surface area contributed by atoms with Crippen molar-refractivity contribution in [2.24, 2.45) is 11.7 Å². The Balaban J connectivity index is 2.92. The van der Waals surface area contributed by atoms with Gasteiger partial charge in [-0.25, -0.2) is 0 Å². The average Bonchev–Trinajstić information content (AvgIpc) is 2.35. The molecule has 18 heavy (non-hydrogen) atoms. The lowest BCUT2D eigenvalue weighted by atomic mass is 9.91. The van der Waals surface area contributed by atoms with E-state index in [2.05, 4.69) is 4.74 Å². The number of hydrogen-bond acceptors (Lipinski definition) is 3. The number of rotatable bonds is 7. The van der Waals surface area contributed by atoms with E-state index in [9.17, 15) is 13.9 Å². The minimum absolute atomic E-state index is 0.00885. The van der Waals surface area contributed by atoms with Crippen LogP contribution in [0.15, 0.2) is 24.3 Å². The Hall–Kier alpha value is -1.20. The number of alkyl halides is 2. The molecule has 102 valence electrons. The van der Waals surface area contributed by atoms with Gasteiger partial charge in [0.15, 0.2) is 0 Å². The minimum Gasteiger partial charge on any atom is -0.434 e. The summed E-state index contributed by atoms with van der Waals surface area (Å²) in [5, 5.41) is 10.2. The molecular formula is C13H19F2NO2. The van der Waals surface area contributed by atoms with E-state index in [0.29, 0.717) is 12.1 Å².